The summed E-state index contributed by atoms with van der Waals surface area (Å²) in [5.41, 5.74) is -1.68. The maximum Gasteiger partial charge on any atom is 0.159 e. The van der Waals surface area contributed by atoms with Crippen LogP contribution in [-0.4, -0.2) is 22.3 Å². The molecule has 0 amide bonds. The molecule has 0 heterocycles. The van der Waals surface area contributed by atoms with Gasteiger partial charge in [0.2, 0.25) is 0 Å². The Kier molecular flexibility index (Phi) is 2.45. The van der Waals surface area contributed by atoms with Crippen LogP contribution in [-0.2, 0) is 10.4 Å². The lowest BCUT2D eigenvalue weighted by molar-refractivity contribution is -0.330. The van der Waals surface area contributed by atoms with Crippen LogP contribution in [0.25, 0.3) is 16.8 Å². The van der Waals surface area contributed by atoms with Gasteiger partial charge in [0.25, 0.3) is 0 Å². The molecule has 2 atom stereocenters. The van der Waals surface area contributed by atoms with Crippen LogP contribution in [0.15, 0.2) is 42.5 Å². The average Bonchev–Trinajstić information content (AvgIpc) is 2.42. The third kappa shape index (κ3) is 1.51. The molecule has 0 aliphatic heterocycles. The van der Waals surface area contributed by atoms with Gasteiger partial charge in [0.05, 0.1) is 5.97 Å². The standard InChI is InChI=1S/C15H12O4/c16-12-8-7-10-6-5-9-3-1-2-4-11(9)13(10)15(12,19)14(17)18/h1-8,12,16,19H,(H,17,18)/p-1/t12-,15-/m0/s1. The van der Waals surface area contributed by atoms with Crippen molar-refractivity contribution in [3.8, 4) is 0 Å². The minimum Gasteiger partial charge on any atom is -0.546 e. The first-order chi connectivity index (χ1) is 9.05. The van der Waals surface area contributed by atoms with Crippen LogP contribution >= 0.6 is 0 Å². The van der Waals surface area contributed by atoms with Gasteiger partial charge >= 0.3 is 0 Å². The maximum absolute atomic E-state index is 11.3. The van der Waals surface area contributed by atoms with Crippen molar-refractivity contribution in [2.24, 2.45) is 0 Å². The summed E-state index contributed by atoms with van der Waals surface area (Å²) in [5, 5.41) is 33.0. The Bertz CT molecular complexity index is 704. The predicted molar refractivity (Wildman–Crippen MR) is 67.9 cm³/mol. The summed E-state index contributed by atoms with van der Waals surface area (Å²) < 4.78 is 0. The van der Waals surface area contributed by atoms with E-state index in [0.29, 0.717) is 10.9 Å². The Morgan fingerprint density at radius 3 is 2.68 bits per heavy atom. The second-order valence-corrected chi connectivity index (χ2v) is 4.61. The highest BCUT2D eigenvalue weighted by atomic mass is 16.4. The van der Waals surface area contributed by atoms with Crippen molar-refractivity contribution in [2.75, 3.05) is 0 Å². The number of hydrogen-bond acceptors (Lipinski definition) is 4. The number of carboxylic acids is 1. The van der Waals surface area contributed by atoms with E-state index in [1.807, 2.05) is 18.2 Å². The molecule has 2 N–H and O–H groups in total. The van der Waals surface area contributed by atoms with Gasteiger partial charge in [0.1, 0.15) is 6.10 Å². The second-order valence-electron chi connectivity index (χ2n) is 4.61. The van der Waals surface area contributed by atoms with Crippen LogP contribution in [0, 0.1) is 0 Å². The lowest BCUT2D eigenvalue weighted by atomic mass is 9.78. The van der Waals surface area contributed by atoms with E-state index in [0.717, 1.165) is 5.39 Å². The summed E-state index contributed by atoms with van der Waals surface area (Å²) in [6.07, 6.45) is 1.33. The normalized spacial score (nSPS) is 25.3. The molecule has 19 heavy (non-hydrogen) atoms. The average molecular weight is 255 g/mol. The molecule has 0 bridgehead atoms. The number of hydrogen-bond donors (Lipinski definition) is 2. The van der Waals surface area contributed by atoms with E-state index in [9.17, 15) is 20.1 Å². The lowest BCUT2D eigenvalue weighted by Crippen LogP contribution is -2.54. The zero-order valence-corrected chi connectivity index (χ0v) is 9.91. The molecular weight excluding hydrogens is 244 g/mol. The predicted octanol–water partition coefficient (Wildman–Crippen LogP) is 0.165. The molecule has 2 aromatic carbocycles. The van der Waals surface area contributed by atoms with Crippen molar-refractivity contribution in [2.45, 2.75) is 11.7 Å². The van der Waals surface area contributed by atoms with Crippen LogP contribution in [0.4, 0.5) is 0 Å². The molecule has 96 valence electrons. The van der Waals surface area contributed by atoms with Crippen molar-refractivity contribution in [1.29, 1.82) is 0 Å². The number of aliphatic hydroxyl groups excluding tert-OH is 1. The van der Waals surface area contributed by atoms with E-state index >= 15 is 0 Å². The number of fused-ring (bicyclic) bond motifs is 3. The summed E-state index contributed by atoms with van der Waals surface area (Å²) in [5.74, 6) is -1.71. The van der Waals surface area contributed by atoms with Crippen LogP contribution < -0.4 is 5.11 Å². The third-order valence-electron chi connectivity index (χ3n) is 3.54. The van der Waals surface area contributed by atoms with Gasteiger partial charge in [0, 0.05) is 5.56 Å². The molecule has 4 heteroatoms. The quantitative estimate of drug-likeness (QED) is 0.761. The Labute approximate surface area is 109 Å². The molecule has 0 aromatic heterocycles. The Hall–Kier alpha value is -2.17. The Morgan fingerprint density at radius 2 is 1.95 bits per heavy atom. The fourth-order valence-electron chi connectivity index (χ4n) is 2.56. The molecule has 4 nitrogen and oxygen atoms in total. The third-order valence-corrected chi connectivity index (χ3v) is 3.54. The largest absolute Gasteiger partial charge is 0.546 e. The Morgan fingerprint density at radius 1 is 1.21 bits per heavy atom. The highest BCUT2D eigenvalue weighted by Crippen LogP contribution is 2.38. The fourth-order valence-corrected chi connectivity index (χ4v) is 2.56. The zero-order chi connectivity index (χ0) is 13.6. The monoisotopic (exact) mass is 255 g/mol. The van der Waals surface area contributed by atoms with E-state index in [1.165, 1.54) is 6.08 Å². The lowest BCUT2D eigenvalue weighted by Gasteiger charge is -2.37. The van der Waals surface area contributed by atoms with Gasteiger partial charge in [-0.3, -0.25) is 0 Å². The van der Waals surface area contributed by atoms with Crippen LogP contribution in [0.5, 0.6) is 0 Å². The smallest absolute Gasteiger partial charge is 0.159 e. The van der Waals surface area contributed by atoms with Crippen molar-refractivity contribution in [1.82, 2.24) is 0 Å². The first-order valence-corrected chi connectivity index (χ1v) is 5.87. The van der Waals surface area contributed by atoms with Gasteiger partial charge in [-0.25, -0.2) is 0 Å². The number of carbonyl (C=O) groups is 1. The number of benzene rings is 2. The number of rotatable bonds is 1. The summed E-state index contributed by atoms with van der Waals surface area (Å²) in [6.45, 7) is 0. The van der Waals surface area contributed by atoms with E-state index in [-0.39, 0.29) is 5.56 Å². The molecular formula is C15H11O4-. The molecule has 0 fully saturated rings. The SMILES string of the molecule is O=C([O-])[C@@]1(O)c2c(ccc3ccccc23)C=C[C@@H]1O. The van der Waals surface area contributed by atoms with Gasteiger partial charge < -0.3 is 20.1 Å². The first-order valence-electron chi connectivity index (χ1n) is 5.87. The summed E-state index contributed by atoms with van der Waals surface area (Å²) in [7, 11) is 0. The van der Waals surface area contributed by atoms with E-state index in [4.69, 9.17) is 0 Å². The summed E-state index contributed by atoms with van der Waals surface area (Å²) in [4.78, 5) is 11.3. The Balaban J connectivity index is 2.44. The van der Waals surface area contributed by atoms with Gasteiger partial charge in [-0.15, -0.1) is 0 Å². The number of aliphatic carboxylic acids is 1. The van der Waals surface area contributed by atoms with E-state index in [2.05, 4.69) is 0 Å². The van der Waals surface area contributed by atoms with Crippen molar-refractivity contribution < 1.29 is 20.1 Å². The molecule has 1 aliphatic rings. The highest BCUT2D eigenvalue weighted by Gasteiger charge is 2.42. The molecule has 0 radical (unpaired) electrons. The highest BCUT2D eigenvalue weighted by molar-refractivity contribution is 5.96. The topological polar surface area (TPSA) is 80.6 Å². The maximum atomic E-state index is 11.3. The van der Waals surface area contributed by atoms with Crippen LogP contribution in [0.1, 0.15) is 11.1 Å². The minimum absolute atomic E-state index is 0.181. The molecule has 0 spiro atoms. The molecule has 0 saturated carbocycles. The summed E-state index contributed by atoms with van der Waals surface area (Å²) in [6, 6.07) is 10.7. The van der Waals surface area contributed by atoms with Gasteiger partial charge in [0.15, 0.2) is 5.60 Å². The second kappa shape index (κ2) is 3.91. The molecule has 0 unspecified atom stereocenters. The van der Waals surface area contributed by atoms with Crippen LogP contribution in [0.2, 0.25) is 0 Å². The molecule has 1 aliphatic carbocycles. The van der Waals surface area contributed by atoms with Crippen molar-refractivity contribution in [3.05, 3.63) is 53.6 Å². The first kappa shape index (κ1) is 11.9. The van der Waals surface area contributed by atoms with Crippen LogP contribution in [0.3, 0.4) is 0 Å². The zero-order valence-electron chi connectivity index (χ0n) is 9.91. The summed E-state index contributed by atoms with van der Waals surface area (Å²) >= 11 is 0. The van der Waals surface area contributed by atoms with Gasteiger partial charge in [-0.2, -0.15) is 0 Å². The van der Waals surface area contributed by atoms with Gasteiger partial charge in [-0.05, 0) is 16.3 Å². The number of carbonyl (C=O) groups excluding carboxylic acids is 1. The number of aliphatic hydroxyl groups is 2. The van der Waals surface area contributed by atoms with E-state index in [1.54, 1.807) is 24.3 Å². The molecule has 3 rings (SSSR count). The van der Waals surface area contributed by atoms with Gasteiger partial charge in [-0.1, -0.05) is 48.6 Å². The van der Waals surface area contributed by atoms with Crippen molar-refractivity contribution in [3.63, 3.8) is 0 Å². The number of carboxylic acid groups (broad SMARTS) is 1. The minimum atomic E-state index is -2.43. The fraction of sp³-hybridized carbons (Fsp3) is 0.133. The van der Waals surface area contributed by atoms with E-state index < -0.39 is 17.7 Å². The molecule has 0 saturated heterocycles. The van der Waals surface area contributed by atoms with Crippen molar-refractivity contribution >= 4 is 22.8 Å². The molecule has 2 aromatic rings.